The molecule has 1 aromatic rings. The SMILES string of the molecule is N/C=C\C(=C/CI)c1ccncc1. The summed E-state index contributed by atoms with van der Waals surface area (Å²) in [7, 11) is 0. The third-order valence-corrected chi connectivity index (χ3v) is 2.03. The Bertz CT molecular complexity index is 304. The van der Waals surface area contributed by atoms with Gasteiger partial charge in [-0.1, -0.05) is 28.7 Å². The van der Waals surface area contributed by atoms with E-state index in [4.69, 9.17) is 5.73 Å². The Morgan fingerprint density at radius 3 is 2.69 bits per heavy atom. The van der Waals surface area contributed by atoms with E-state index in [0.29, 0.717) is 0 Å². The average Bonchev–Trinajstić information content (AvgIpc) is 2.19. The summed E-state index contributed by atoms with van der Waals surface area (Å²) in [6, 6.07) is 3.94. The Kier molecular flexibility index (Phi) is 4.53. The Hall–Kier alpha value is -0.840. The second-order valence-corrected chi connectivity index (χ2v) is 3.29. The van der Waals surface area contributed by atoms with Crippen LogP contribution in [-0.4, -0.2) is 9.41 Å². The molecular weight excluding hydrogens is 275 g/mol. The molecule has 68 valence electrons. The van der Waals surface area contributed by atoms with Crippen LogP contribution in [0.5, 0.6) is 0 Å². The van der Waals surface area contributed by atoms with Crippen molar-refractivity contribution in [3.63, 3.8) is 0 Å². The Balaban J connectivity index is 2.96. The molecule has 0 radical (unpaired) electrons. The van der Waals surface area contributed by atoms with Crippen LogP contribution < -0.4 is 5.73 Å². The standard InChI is InChI=1S/C10H11IN2/c11-5-1-9(2-6-12)10-3-7-13-8-4-10/h1-4,6-8H,5,12H2/b6-2-,9-1+. The van der Waals surface area contributed by atoms with E-state index in [-0.39, 0.29) is 0 Å². The van der Waals surface area contributed by atoms with Crippen molar-refractivity contribution in [2.75, 3.05) is 4.43 Å². The smallest absolute Gasteiger partial charge is 0.0273 e. The van der Waals surface area contributed by atoms with E-state index in [1.807, 2.05) is 18.2 Å². The summed E-state index contributed by atoms with van der Waals surface area (Å²) in [5.74, 6) is 0. The van der Waals surface area contributed by atoms with Gasteiger partial charge in [0.1, 0.15) is 0 Å². The lowest BCUT2D eigenvalue weighted by atomic mass is 10.1. The first-order valence-corrected chi connectivity index (χ1v) is 5.46. The van der Waals surface area contributed by atoms with Gasteiger partial charge in [-0.15, -0.1) is 0 Å². The highest BCUT2D eigenvalue weighted by atomic mass is 127. The lowest BCUT2D eigenvalue weighted by Gasteiger charge is -2.00. The van der Waals surface area contributed by atoms with Crippen LogP contribution in [0.25, 0.3) is 5.57 Å². The van der Waals surface area contributed by atoms with Crippen molar-refractivity contribution in [2.24, 2.45) is 5.73 Å². The van der Waals surface area contributed by atoms with E-state index in [0.717, 1.165) is 15.6 Å². The van der Waals surface area contributed by atoms with E-state index >= 15 is 0 Å². The molecule has 2 nitrogen and oxygen atoms in total. The van der Waals surface area contributed by atoms with Crippen LogP contribution in [0.2, 0.25) is 0 Å². The summed E-state index contributed by atoms with van der Waals surface area (Å²) < 4.78 is 0.972. The van der Waals surface area contributed by atoms with Crippen LogP contribution in [0.15, 0.2) is 42.9 Å². The molecule has 0 fully saturated rings. The second kappa shape index (κ2) is 5.75. The van der Waals surface area contributed by atoms with Gasteiger partial charge in [-0.2, -0.15) is 0 Å². The molecule has 13 heavy (non-hydrogen) atoms. The van der Waals surface area contributed by atoms with E-state index < -0.39 is 0 Å². The maximum Gasteiger partial charge on any atom is 0.0273 e. The maximum atomic E-state index is 5.36. The molecule has 0 aromatic carbocycles. The van der Waals surface area contributed by atoms with Crippen LogP contribution in [0, 0.1) is 0 Å². The van der Waals surface area contributed by atoms with Crippen LogP contribution in [0.1, 0.15) is 5.56 Å². The molecule has 0 saturated heterocycles. The van der Waals surface area contributed by atoms with Gasteiger partial charge in [0.05, 0.1) is 0 Å². The number of halogens is 1. The van der Waals surface area contributed by atoms with Gasteiger partial charge in [0, 0.05) is 16.8 Å². The predicted molar refractivity (Wildman–Crippen MR) is 64.4 cm³/mol. The number of alkyl halides is 1. The van der Waals surface area contributed by atoms with Crippen molar-refractivity contribution < 1.29 is 0 Å². The fourth-order valence-corrected chi connectivity index (χ4v) is 1.49. The first-order chi connectivity index (χ1) is 6.38. The van der Waals surface area contributed by atoms with Gasteiger partial charge in [-0.05, 0) is 35.5 Å². The highest BCUT2D eigenvalue weighted by molar-refractivity contribution is 14.1. The number of hydrogen-bond donors (Lipinski definition) is 1. The molecule has 2 N–H and O–H groups in total. The fraction of sp³-hybridized carbons (Fsp3) is 0.100. The van der Waals surface area contributed by atoms with Crippen molar-refractivity contribution in [1.29, 1.82) is 0 Å². The van der Waals surface area contributed by atoms with Crippen molar-refractivity contribution in [3.05, 3.63) is 48.4 Å². The molecule has 0 aliphatic heterocycles. The molecule has 1 heterocycles. The lowest BCUT2D eigenvalue weighted by Crippen LogP contribution is -1.84. The molecule has 0 unspecified atom stereocenters. The number of nitrogens with two attached hydrogens (primary N) is 1. The minimum absolute atomic E-state index is 0.972. The normalized spacial score (nSPS) is 12.2. The number of allylic oxidation sites excluding steroid dienone is 3. The number of nitrogens with zero attached hydrogens (tertiary/aromatic N) is 1. The van der Waals surface area contributed by atoms with Crippen LogP contribution in [0.3, 0.4) is 0 Å². The summed E-state index contributed by atoms with van der Waals surface area (Å²) in [5, 5.41) is 0. The van der Waals surface area contributed by atoms with Gasteiger partial charge < -0.3 is 5.73 Å². The monoisotopic (exact) mass is 286 g/mol. The molecule has 1 aromatic heterocycles. The molecule has 0 amide bonds. The van der Waals surface area contributed by atoms with E-state index in [1.54, 1.807) is 18.6 Å². The van der Waals surface area contributed by atoms with Gasteiger partial charge in [-0.25, -0.2) is 0 Å². The minimum atomic E-state index is 0.972. The summed E-state index contributed by atoms with van der Waals surface area (Å²) in [4.78, 5) is 3.96. The van der Waals surface area contributed by atoms with E-state index in [1.165, 1.54) is 0 Å². The Morgan fingerprint density at radius 2 is 2.15 bits per heavy atom. The van der Waals surface area contributed by atoms with Crippen molar-refractivity contribution in [3.8, 4) is 0 Å². The summed E-state index contributed by atoms with van der Waals surface area (Å²) >= 11 is 2.30. The summed E-state index contributed by atoms with van der Waals surface area (Å²) in [6.07, 6.45) is 9.13. The second-order valence-electron chi connectivity index (χ2n) is 2.41. The fourth-order valence-electron chi connectivity index (χ4n) is 1.01. The summed E-state index contributed by atoms with van der Waals surface area (Å²) in [5.41, 5.74) is 7.64. The van der Waals surface area contributed by atoms with Gasteiger partial charge in [-0.3, -0.25) is 4.98 Å². The van der Waals surface area contributed by atoms with Gasteiger partial charge in [0.2, 0.25) is 0 Å². The zero-order chi connectivity index (χ0) is 9.52. The molecule has 0 bridgehead atoms. The summed E-state index contributed by atoms with van der Waals surface area (Å²) in [6.45, 7) is 0. The van der Waals surface area contributed by atoms with Crippen LogP contribution in [0.4, 0.5) is 0 Å². The third-order valence-electron chi connectivity index (χ3n) is 1.59. The molecule has 1 rings (SSSR count). The lowest BCUT2D eigenvalue weighted by molar-refractivity contribution is 1.32. The first-order valence-electron chi connectivity index (χ1n) is 3.93. The molecule has 0 aliphatic rings. The number of pyridine rings is 1. The van der Waals surface area contributed by atoms with Crippen molar-refractivity contribution in [1.82, 2.24) is 4.98 Å². The molecule has 0 atom stereocenters. The highest BCUT2D eigenvalue weighted by Crippen LogP contribution is 2.14. The minimum Gasteiger partial charge on any atom is -0.405 e. The van der Waals surface area contributed by atoms with Crippen LogP contribution in [-0.2, 0) is 0 Å². The molecule has 0 spiro atoms. The first kappa shape index (κ1) is 10.2. The quantitative estimate of drug-likeness (QED) is 0.526. The maximum absolute atomic E-state index is 5.36. The van der Waals surface area contributed by atoms with E-state index in [2.05, 4.69) is 33.7 Å². The molecule has 0 saturated carbocycles. The zero-order valence-corrected chi connectivity index (χ0v) is 9.31. The molecule has 3 heteroatoms. The number of hydrogen-bond acceptors (Lipinski definition) is 2. The van der Waals surface area contributed by atoms with E-state index in [9.17, 15) is 0 Å². The van der Waals surface area contributed by atoms with Crippen molar-refractivity contribution in [2.45, 2.75) is 0 Å². The largest absolute Gasteiger partial charge is 0.405 e. The van der Waals surface area contributed by atoms with Crippen LogP contribution >= 0.6 is 22.6 Å². The van der Waals surface area contributed by atoms with Gasteiger partial charge in [0.25, 0.3) is 0 Å². The molecular formula is C10H11IN2. The number of rotatable bonds is 3. The number of aromatic nitrogens is 1. The van der Waals surface area contributed by atoms with Gasteiger partial charge >= 0.3 is 0 Å². The third kappa shape index (κ3) is 3.18. The predicted octanol–water partition coefficient (Wildman–Crippen LogP) is 2.37. The molecule has 0 aliphatic carbocycles. The van der Waals surface area contributed by atoms with Gasteiger partial charge in [0.15, 0.2) is 0 Å². The van der Waals surface area contributed by atoms with Crippen molar-refractivity contribution >= 4 is 28.2 Å². The Morgan fingerprint density at radius 1 is 1.46 bits per heavy atom. The average molecular weight is 286 g/mol. The Labute approximate surface area is 91.7 Å². The highest BCUT2D eigenvalue weighted by Gasteiger charge is 1.94. The topological polar surface area (TPSA) is 38.9 Å². The zero-order valence-electron chi connectivity index (χ0n) is 7.15.